The molecule has 0 saturated carbocycles. The Bertz CT molecular complexity index is 757. The van der Waals surface area contributed by atoms with Crippen LogP contribution in [0.2, 0.25) is 0 Å². The van der Waals surface area contributed by atoms with Crippen molar-refractivity contribution in [3.05, 3.63) is 26.7 Å². The van der Waals surface area contributed by atoms with Gasteiger partial charge in [-0.2, -0.15) is 4.31 Å². The molecule has 0 fully saturated rings. The van der Waals surface area contributed by atoms with Gasteiger partial charge < -0.3 is 15.0 Å². The van der Waals surface area contributed by atoms with Gasteiger partial charge in [0.2, 0.25) is 20.0 Å². The maximum Gasteiger partial charge on any atom is 0.239 e. The van der Waals surface area contributed by atoms with Gasteiger partial charge >= 0.3 is 0 Å². The minimum Gasteiger partial charge on any atom is -0.785 e. The van der Waals surface area contributed by atoms with Crippen LogP contribution < -0.4 is 5.14 Å². The molecule has 0 bridgehead atoms. The third-order valence-corrected chi connectivity index (χ3v) is 7.15. The average molecular weight is 380 g/mol. The summed E-state index contributed by atoms with van der Waals surface area (Å²) in [4.78, 5) is -0.223. The Kier molecular flexibility index (Phi) is 5.85. The lowest BCUT2D eigenvalue weighted by Crippen LogP contribution is -2.49. The number of rotatable bonds is 7. The number of hydroxylamine groups is 2. The quantitative estimate of drug-likeness (QED) is 0.473. The van der Waals surface area contributed by atoms with Gasteiger partial charge in [0.15, 0.2) is 0 Å². The molecule has 1 aliphatic heterocycles. The number of nitrogens with zero attached hydrogens (tertiary/aromatic N) is 2. The third kappa shape index (κ3) is 3.72. The highest BCUT2D eigenvalue weighted by molar-refractivity contribution is 7.94. The molecular weight excluding hydrogens is 358 g/mol. The molecule has 0 unspecified atom stereocenters. The van der Waals surface area contributed by atoms with Gasteiger partial charge in [0, 0.05) is 39.3 Å². The molecule has 0 saturated heterocycles. The van der Waals surface area contributed by atoms with Gasteiger partial charge in [0.05, 0.1) is 9.81 Å². The van der Waals surface area contributed by atoms with E-state index in [0.29, 0.717) is 13.0 Å². The predicted molar refractivity (Wildman–Crippen MR) is 89.4 cm³/mol. The van der Waals surface area contributed by atoms with Crippen LogP contribution in [0.3, 0.4) is 0 Å². The van der Waals surface area contributed by atoms with E-state index in [-0.39, 0.29) is 41.4 Å². The summed E-state index contributed by atoms with van der Waals surface area (Å²) >= 11 is 0. The molecule has 0 amide bonds. The van der Waals surface area contributed by atoms with E-state index in [2.05, 4.69) is 0 Å². The van der Waals surface area contributed by atoms with E-state index in [0.717, 1.165) is 5.06 Å². The molecule has 138 valence electrons. The van der Waals surface area contributed by atoms with Crippen molar-refractivity contribution in [3.8, 4) is 0 Å². The minimum atomic E-state index is -4.01. The molecule has 2 aliphatic rings. The Hall–Kier alpha value is -0.820. The van der Waals surface area contributed by atoms with Crippen molar-refractivity contribution in [2.24, 2.45) is 5.14 Å². The summed E-state index contributed by atoms with van der Waals surface area (Å²) in [5.74, 6) is 0. The summed E-state index contributed by atoms with van der Waals surface area (Å²) in [6.07, 6.45) is 1.41. The molecule has 0 aromatic carbocycles. The molecule has 2 rings (SSSR count). The lowest BCUT2D eigenvalue weighted by molar-refractivity contribution is 0.182. The molecular formula is C13H22N3O6S2-. The number of methoxy groups -OCH3 is 1. The Morgan fingerprint density at radius 1 is 1.50 bits per heavy atom. The zero-order valence-corrected chi connectivity index (χ0v) is 15.3. The van der Waals surface area contributed by atoms with E-state index in [1.165, 1.54) is 17.5 Å². The second-order valence-electron chi connectivity index (χ2n) is 5.67. The van der Waals surface area contributed by atoms with Crippen LogP contribution >= 0.6 is 0 Å². The van der Waals surface area contributed by atoms with Crippen LogP contribution in [0, 0.1) is 5.21 Å². The van der Waals surface area contributed by atoms with Gasteiger partial charge in [0.1, 0.15) is 0 Å². The predicted octanol–water partition coefficient (Wildman–Crippen LogP) is -0.313. The van der Waals surface area contributed by atoms with Crippen molar-refractivity contribution in [1.29, 1.82) is 0 Å². The number of hydrogen-bond donors (Lipinski definition) is 1. The summed E-state index contributed by atoms with van der Waals surface area (Å²) in [5, 5.41) is 18.1. The van der Waals surface area contributed by atoms with Crippen molar-refractivity contribution in [1.82, 2.24) is 9.37 Å². The molecule has 0 spiro atoms. The van der Waals surface area contributed by atoms with E-state index in [9.17, 15) is 22.0 Å². The summed E-state index contributed by atoms with van der Waals surface area (Å²) < 4.78 is 54.8. The SMILES string of the molecule is CCN([O-])[C@H]1CN(CCCOC)S(=O)(=O)C2=C1C=C(S(N)(=O)=O)C2. The van der Waals surface area contributed by atoms with Crippen molar-refractivity contribution in [2.75, 3.05) is 33.4 Å². The topological polar surface area (TPSA) is 133 Å². The number of ether oxygens (including phenoxy) is 1. The summed E-state index contributed by atoms with van der Waals surface area (Å²) in [6.45, 7) is 2.39. The van der Waals surface area contributed by atoms with Gasteiger partial charge in [-0.05, 0) is 24.6 Å². The number of primary sulfonamides is 1. The third-order valence-electron chi connectivity index (χ3n) is 4.14. The number of hydrogen-bond acceptors (Lipinski definition) is 7. The highest BCUT2D eigenvalue weighted by Crippen LogP contribution is 2.39. The number of likely N-dealkylation sites (N-methyl/N-ethyl adjacent to an activating group) is 1. The Morgan fingerprint density at radius 3 is 2.71 bits per heavy atom. The Balaban J connectivity index is 2.41. The lowest BCUT2D eigenvalue weighted by Gasteiger charge is -2.42. The van der Waals surface area contributed by atoms with Gasteiger partial charge in [-0.25, -0.2) is 22.0 Å². The molecule has 1 atom stereocenters. The van der Waals surface area contributed by atoms with E-state index in [1.807, 2.05) is 0 Å². The number of sulfonamides is 2. The van der Waals surface area contributed by atoms with Crippen molar-refractivity contribution in [2.45, 2.75) is 25.8 Å². The second-order valence-corrected chi connectivity index (χ2v) is 9.24. The fourth-order valence-electron chi connectivity index (χ4n) is 2.88. The number of nitrogens with two attached hydrogens (primary N) is 1. The largest absolute Gasteiger partial charge is 0.785 e. The second kappa shape index (κ2) is 7.20. The van der Waals surface area contributed by atoms with Gasteiger partial charge in [-0.3, -0.25) is 0 Å². The standard InChI is InChI=1S/C13H22N3O6S2/c1-3-16(17)12-9-15(5-4-6-22-2)24(20,21)13-8-10(7-11(12)13)23(14,18)19/h7,12H,3-6,8-9H2,1-2H3,(H2,14,18,19)/q-1/t12-/m0/s1. The molecule has 0 aromatic rings. The summed E-state index contributed by atoms with van der Waals surface area (Å²) in [7, 11) is -6.32. The van der Waals surface area contributed by atoms with Crippen LogP contribution in [0.1, 0.15) is 19.8 Å². The van der Waals surface area contributed by atoms with E-state index >= 15 is 0 Å². The van der Waals surface area contributed by atoms with Crippen LogP contribution in [0.5, 0.6) is 0 Å². The van der Waals surface area contributed by atoms with Crippen molar-refractivity contribution >= 4 is 20.0 Å². The van der Waals surface area contributed by atoms with Crippen molar-refractivity contribution < 1.29 is 21.6 Å². The minimum absolute atomic E-state index is 0.0172. The first kappa shape index (κ1) is 19.5. The van der Waals surface area contributed by atoms with Crippen LogP contribution in [0.25, 0.3) is 0 Å². The van der Waals surface area contributed by atoms with Gasteiger partial charge in [-0.1, -0.05) is 6.92 Å². The molecule has 11 heteroatoms. The molecule has 9 nitrogen and oxygen atoms in total. The van der Waals surface area contributed by atoms with Crippen LogP contribution in [0.15, 0.2) is 21.5 Å². The normalized spacial score (nSPS) is 24.4. The lowest BCUT2D eigenvalue weighted by atomic mass is 10.1. The molecule has 1 heterocycles. The Morgan fingerprint density at radius 2 is 2.17 bits per heavy atom. The van der Waals surface area contributed by atoms with Gasteiger partial charge in [0.25, 0.3) is 0 Å². The van der Waals surface area contributed by atoms with Crippen LogP contribution in [-0.4, -0.2) is 65.6 Å². The fraction of sp³-hybridized carbons (Fsp3) is 0.692. The monoisotopic (exact) mass is 380 g/mol. The van der Waals surface area contributed by atoms with Crippen LogP contribution in [-0.2, 0) is 24.8 Å². The smallest absolute Gasteiger partial charge is 0.239 e. The first-order valence-corrected chi connectivity index (χ1v) is 10.5. The van der Waals surface area contributed by atoms with E-state index < -0.39 is 26.1 Å². The fourth-order valence-corrected chi connectivity index (χ4v) is 5.46. The van der Waals surface area contributed by atoms with Crippen LogP contribution in [0.4, 0.5) is 0 Å². The Labute approximate surface area is 142 Å². The maximum absolute atomic E-state index is 12.8. The molecule has 0 aromatic heterocycles. The molecule has 2 N–H and O–H groups in total. The maximum atomic E-state index is 12.8. The highest BCUT2D eigenvalue weighted by atomic mass is 32.2. The highest BCUT2D eigenvalue weighted by Gasteiger charge is 2.42. The molecule has 24 heavy (non-hydrogen) atoms. The van der Waals surface area contributed by atoms with E-state index in [4.69, 9.17) is 9.88 Å². The molecule has 0 radical (unpaired) electrons. The molecule has 1 aliphatic carbocycles. The summed E-state index contributed by atoms with van der Waals surface area (Å²) in [5.41, 5.74) is 0.235. The first-order chi connectivity index (χ1) is 11.1. The van der Waals surface area contributed by atoms with E-state index in [1.54, 1.807) is 6.92 Å². The van der Waals surface area contributed by atoms with Crippen molar-refractivity contribution in [3.63, 3.8) is 0 Å². The number of allylic oxidation sites excluding steroid dienone is 2. The zero-order valence-electron chi connectivity index (χ0n) is 13.6. The van der Waals surface area contributed by atoms with Gasteiger partial charge in [-0.15, -0.1) is 0 Å². The average Bonchev–Trinajstić information content (AvgIpc) is 2.95. The first-order valence-electron chi connectivity index (χ1n) is 7.52. The zero-order chi connectivity index (χ0) is 18.1. The summed E-state index contributed by atoms with van der Waals surface area (Å²) in [6, 6.07) is -0.740.